The Morgan fingerprint density at radius 2 is 1.71 bits per heavy atom. The first-order valence-corrected chi connectivity index (χ1v) is 7.17. The molecule has 0 unspecified atom stereocenters. The summed E-state index contributed by atoms with van der Waals surface area (Å²) in [5.74, 6) is -0.390. The first-order chi connectivity index (χ1) is 10.2. The van der Waals surface area contributed by atoms with Gasteiger partial charge in [0.25, 0.3) is 0 Å². The number of unbranched alkanes of at least 4 members (excludes halogenated alkanes) is 1. The fourth-order valence-corrected chi connectivity index (χ4v) is 2.55. The fourth-order valence-electron chi connectivity index (χ4n) is 2.55. The number of ketones is 1. The minimum atomic E-state index is -0.366. The Labute approximate surface area is 123 Å². The maximum absolute atomic E-state index is 12.4. The van der Waals surface area contributed by atoms with Crippen LogP contribution in [0.25, 0.3) is 11.1 Å². The molecule has 1 aliphatic rings. The third-order valence-electron chi connectivity index (χ3n) is 3.69. The smallest absolute Gasteiger partial charge is 0.338 e. The van der Waals surface area contributed by atoms with Crippen molar-refractivity contribution in [2.45, 2.75) is 19.8 Å². The second-order valence-electron chi connectivity index (χ2n) is 5.12. The van der Waals surface area contributed by atoms with Crippen molar-refractivity contribution < 1.29 is 14.3 Å². The van der Waals surface area contributed by atoms with Crippen LogP contribution in [0.15, 0.2) is 42.5 Å². The molecule has 1 aliphatic carbocycles. The largest absolute Gasteiger partial charge is 0.462 e. The van der Waals surface area contributed by atoms with Crippen LogP contribution in [0.5, 0.6) is 0 Å². The van der Waals surface area contributed by atoms with Crippen LogP contribution in [0.1, 0.15) is 46.0 Å². The van der Waals surface area contributed by atoms with E-state index in [9.17, 15) is 9.59 Å². The Bertz CT molecular complexity index is 716. The Balaban J connectivity index is 1.90. The van der Waals surface area contributed by atoms with Crippen LogP contribution in [0.4, 0.5) is 0 Å². The number of ether oxygens (including phenoxy) is 1. The van der Waals surface area contributed by atoms with Crippen LogP contribution in [-0.4, -0.2) is 18.4 Å². The number of carbonyl (C=O) groups excluding carboxylic acids is 2. The highest BCUT2D eigenvalue weighted by molar-refractivity contribution is 6.22. The lowest BCUT2D eigenvalue weighted by Gasteiger charge is -2.05. The summed E-state index contributed by atoms with van der Waals surface area (Å²) in [5, 5.41) is 0. The summed E-state index contributed by atoms with van der Waals surface area (Å²) in [4.78, 5) is 24.3. The molecule has 0 atom stereocenters. The van der Waals surface area contributed by atoms with Crippen molar-refractivity contribution in [1.29, 1.82) is 0 Å². The summed E-state index contributed by atoms with van der Waals surface area (Å²) in [7, 11) is 0. The summed E-state index contributed by atoms with van der Waals surface area (Å²) in [6, 6.07) is 12.7. The normalized spacial score (nSPS) is 12.0. The first-order valence-electron chi connectivity index (χ1n) is 7.17. The molecule has 0 N–H and O–H groups in total. The molecular formula is C18H16O3. The molecule has 0 aromatic heterocycles. The third-order valence-corrected chi connectivity index (χ3v) is 3.69. The maximum atomic E-state index is 12.4. The van der Waals surface area contributed by atoms with E-state index in [0.29, 0.717) is 23.3 Å². The van der Waals surface area contributed by atoms with Gasteiger partial charge in [-0.2, -0.15) is 0 Å². The number of rotatable bonds is 4. The third kappa shape index (κ3) is 2.35. The molecular weight excluding hydrogens is 264 g/mol. The summed E-state index contributed by atoms with van der Waals surface area (Å²) >= 11 is 0. The highest BCUT2D eigenvalue weighted by Gasteiger charge is 2.27. The van der Waals surface area contributed by atoms with Crippen LogP contribution in [0.3, 0.4) is 0 Å². The highest BCUT2D eigenvalue weighted by Crippen LogP contribution is 2.36. The van der Waals surface area contributed by atoms with E-state index in [1.165, 1.54) is 0 Å². The Morgan fingerprint density at radius 3 is 2.48 bits per heavy atom. The molecule has 0 spiro atoms. The van der Waals surface area contributed by atoms with Gasteiger partial charge in [-0.3, -0.25) is 4.79 Å². The fraction of sp³-hybridized carbons (Fsp3) is 0.222. The summed E-state index contributed by atoms with van der Waals surface area (Å²) in [5.41, 5.74) is 3.54. The molecule has 0 aliphatic heterocycles. The quantitative estimate of drug-likeness (QED) is 0.538. The van der Waals surface area contributed by atoms with E-state index in [1.807, 2.05) is 37.3 Å². The van der Waals surface area contributed by atoms with Crippen molar-refractivity contribution in [3.8, 4) is 11.1 Å². The number of benzene rings is 2. The van der Waals surface area contributed by atoms with Gasteiger partial charge in [0.2, 0.25) is 0 Å². The van der Waals surface area contributed by atoms with Gasteiger partial charge in [-0.1, -0.05) is 43.7 Å². The van der Waals surface area contributed by atoms with E-state index >= 15 is 0 Å². The van der Waals surface area contributed by atoms with Gasteiger partial charge < -0.3 is 4.74 Å². The van der Waals surface area contributed by atoms with Gasteiger partial charge in [-0.05, 0) is 29.7 Å². The van der Waals surface area contributed by atoms with Gasteiger partial charge >= 0.3 is 5.97 Å². The van der Waals surface area contributed by atoms with Crippen molar-refractivity contribution in [2.24, 2.45) is 0 Å². The molecule has 0 saturated heterocycles. The lowest BCUT2D eigenvalue weighted by molar-refractivity contribution is 0.0500. The van der Waals surface area contributed by atoms with Crippen molar-refractivity contribution in [1.82, 2.24) is 0 Å². The summed E-state index contributed by atoms with van der Waals surface area (Å²) in [6.07, 6.45) is 1.83. The van der Waals surface area contributed by atoms with Crippen molar-refractivity contribution in [2.75, 3.05) is 6.61 Å². The first kappa shape index (κ1) is 13.6. The predicted octanol–water partition coefficient (Wildman–Crippen LogP) is 3.85. The average molecular weight is 280 g/mol. The molecule has 106 valence electrons. The number of esters is 1. The van der Waals surface area contributed by atoms with Crippen molar-refractivity contribution >= 4 is 11.8 Å². The predicted molar refractivity (Wildman–Crippen MR) is 80.5 cm³/mol. The summed E-state index contributed by atoms with van der Waals surface area (Å²) in [6.45, 7) is 2.46. The van der Waals surface area contributed by atoms with Crippen LogP contribution in [-0.2, 0) is 4.74 Å². The van der Waals surface area contributed by atoms with Crippen LogP contribution >= 0.6 is 0 Å². The molecule has 0 radical (unpaired) electrons. The minimum Gasteiger partial charge on any atom is -0.462 e. The molecule has 0 saturated carbocycles. The molecule has 3 nitrogen and oxygen atoms in total. The number of hydrogen-bond acceptors (Lipinski definition) is 3. The topological polar surface area (TPSA) is 43.4 Å². The standard InChI is InChI=1S/C18H16O3/c1-2-3-10-21-18(20)12-8-9-14-13-6-4-5-7-15(13)17(19)16(14)11-12/h4-9,11H,2-3,10H2,1H3. The molecule has 0 fully saturated rings. The second kappa shape index (κ2) is 5.52. The Kier molecular flexibility index (Phi) is 3.57. The molecule has 2 aromatic rings. The van der Waals surface area contributed by atoms with E-state index < -0.39 is 0 Å². The van der Waals surface area contributed by atoms with Crippen molar-refractivity contribution in [3.63, 3.8) is 0 Å². The van der Waals surface area contributed by atoms with Crippen LogP contribution < -0.4 is 0 Å². The molecule has 0 bridgehead atoms. The number of carbonyl (C=O) groups is 2. The van der Waals surface area contributed by atoms with Gasteiger partial charge in [0.15, 0.2) is 5.78 Å². The molecule has 2 aromatic carbocycles. The number of hydrogen-bond donors (Lipinski definition) is 0. The zero-order valence-corrected chi connectivity index (χ0v) is 11.9. The average Bonchev–Trinajstić information content (AvgIpc) is 2.81. The number of fused-ring (bicyclic) bond motifs is 3. The maximum Gasteiger partial charge on any atom is 0.338 e. The molecule has 21 heavy (non-hydrogen) atoms. The van der Waals surface area contributed by atoms with E-state index in [1.54, 1.807) is 12.1 Å². The molecule has 3 rings (SSSR count). The zero-order valence-electron chi connectivity index (χ0n) is 11.9. The van der Waals surface area contributed by atoms with Crippen LogP contribution in [0, 0.1) is 0 Å². The molecule has 0 amide bonds. The molecule has 3 heteroatoms. The monoisotopic (exact) mass is 280 g/mol. The summed E-state index contributed by atoms with van der Waals surface area (Å²) < 4.78 is 5.19. The van der Waals surface area contributed by atoms with E-state index in [4.69, 9.17) is 4.74 Å². The molecule has 0 heterocycles. The minimum absolute atomic E-state index is 0.0243. The highest BCUT2D eigenvalue weighted by atomic mass is 16.5. The second-order valence-corrected chi connectivity index (χ2v) is 5.12. The van der Waals surface area contributed by atoms with E-state index in [0.717, 1.165) is 24.0 Å². The SMILES string of the molecule is CCCCOC(=O)c1ccc2c(c1)C(=O)c1ccccc1-2. The van der Waals surface area contributed by atoms with Gasteiger partial charge in [0.05, 0.1) is 12.2 Å². The lowest BCUT2D eigenvalue weighted by Crippen LogP contribution is -2.07. The zero-order chi connectivity index (χ0) is 14.8. The van der Waals surface area contributed by atoms with Gasteiger partial charge in [-0.25, -0.2) is 4.79 Å². The lowest BCUT2D eigenvalue weighted by atomic mass is 10.0. The van der Waals surface area contributed by atoms with Gasteiger partial charge in [-0.15, -0.1) is 0 Å². The Morgan fingerprint density at radius 1 is 1.00 bits per heavy atom. The van der Waals surface area contributed by atoms with Gasteiger partial charge in [0.1, 0.15) is 0 Å². The van der Waals surface area contributed by atoms with E-state index in [2.05, 4.69) is 0 Å². The Hall–Kier alpha value is -2.42. The van der Waals surface area contributed by atoms with Crippen LogP contribution in [0.2, 0.25) is 0 Å². The van der Waals surface area contributed by atoms with Crippen molar-refractivity contribution in [3.05, 3.63) is 59.2 Å². The van der Waals surface area contributed by atoms with E-state index in [-0.39, 0.29) is 11.8 Å². The van der Waals surface area contributed by atoms with Gasteiger partial charge in [0, 0.05) is 11.1 Å².